The highest BCUT2D eigenvalue weighted by Crippen LogP contribution is 2.33. The van der Waals surface area contributed by atoms with Crippen molar-refractivity contribution in [2.24, 2.45) is 16.6 Å². The molecule has 1 heterocycles. The van der Waals surface area contributed by atoms with Gasteiger partial charge < -0.3 is 15.8 Å². The van der Waals surface area contributed by atoms with Gasteiger partial charge in [0.25, 0.3) is 0 Å². The van der Waals surface area contributed by atoms with Gasteiger partial charge in [0.15, 0.2) is 5.96 Å². The lowest BCUT2D eigenvalue weighted by Gasteiger charge is -2.31. The Kier molecular flexibility index (Phi) is 5.92. The fraction of sp³-hybridized carbons (Fsp3) is 0.632. The largest absolute Gasteiger partial charge is 0.373 e. The molecule has 2 aliphatic rings. The summed E-state index contributed by atoms with van der Waals surface area (Å²) in [6.07, 6.45) is 8.81. The molecule has 1 aromatic carbocycles. The zero-order valence-electron chi connectivity index (χ0n) is 13.9. The van der Waals surface area contributed by atoms with Crippen molar-refractivity contribution in [3.8, 4) is 0 Å². The molecule has 4 nitrogen and oxygen atoms in total. The Morgan fingerprint density at radius 2 is 1.87 bits per heavy atom. The zero-order chi connectivity index (χ0) is 15.9. The van der Waals surface area contributed by atoms with E-state index in [-0.39, 0.29) is 6.10 Å². The van der Waals surface area contributed by atoms with E-state index >= 15 is 0 Å². The number of nitrogens with two attached hydrogens (primary N) is 1. The average molecular weight is 315 g/mol. The highest BCUT2D eigenvalue weighted by atomic mass is 16.5. The van der Waals surface area contributed by atoms with E-state index in [1.54, 1.807) is 0 Å². The Bertz CT molecular complexity index is 497. The van der Waals surface area contributed by atoms with Crippen molar-refractivity contribution in [2.45, 2.75) is 57.1 Å². The number of guanidine groups is 1. The Hall–Kier alpha value is -1.55. The second-order valence-corrected chi connectivity index (χ2v) is 6.81. The molecule has 3 rings (SSSR count). The lowest BCUT2D eigenvalue weighted by molar-refractivity contribution is -0.0250. The maximum absolute atomic E-state index is 6.10. The Morgan fingerprint density at radius 1 is 1.09 bits per heavy atom. The van der Waals surface area contributed by atoms with Crippen molar-refractivity contribution in [1.29, 1.82) is 0 Å². The summed E-state index contributed by atoms with van der Waals surface area (Å²) in [6, 6.07) is 11.0. The molecule has 4 heteroatoms. The van der Waals surface area contributed by atoms with Crippen LogP contribution >= 0.6 is 0 Å². The quantitative estimate of drug-likeness (QED) is 0.661. The van der Waals surface area contributed by atoms with Gasteiger partial charge in [0.1, 0.15) is 0 Å². The highest BCUT2D eigenvalue weighted by Gasteiger charge is 2.27. The molecule has 23 heavy (non-hydrogen) atoms. The summed E-state index contributed by atoms with van der Waals surface area (Å²) < 4.78 is 6.03. The van der Waals surface area contributed by atoms with Crippen molar-refractivity contribution in [3.05, 3.63) is 35.9 Å². The monoisotopic (exact) mass is 315 g/mol. The van der Waals surface area contributed by atoms with Crippen molar-refractivity contribution < 1.29 is 4.74 Å². The van der Waals surface area contributed by atoms with Crippen LogP contribution in [0.3, 0.4) is 0 Å². The first kappa shape index (κ1) is 16.3. The molecule has 3 N–H and O–H groups in total. The van der Waals surface area contributed by atoms with E-state index in [1.165, 1.54) is 37.7 Å². The molecule has 126 valence electrons. The summed E-state index contributed by atoms with van der Waals surface area (Å²) in [6.45, 7) is 1.58. The van der Waals surface area contributed by atoms with Gasteiger partial charge in [-0.05, 0) is 31.2 Å². The van der Waals surface area contributed by atoms with Gasteiger partial charge >= 0.3 is 0 Å². The normalized spacial score (nSPS) is 26.9. The van der Waals surface area contributed by atoms with Crippen LogP contribution in [0, 0.1) is 5.92 Å². The molecule has 0 bridgehead atoms. The number of hydrogen-bond donors (Lipinski definition) is 2. The van der Waals surface area contributed by atoms with E-state index in [2.05, 4.69) is 34.6 Å². The summed E-state index contributed by atoms with van der Waals surface area (Å²) in [5.41, 5.74) is 7.36. The SMILES string of the molecule is NC(=NCC1CCCOC1c1ccccc1)NC1CCCCC1. The lowest BCUT2D eigenvalue weighted by Crippen LogP contribution is -2.41. The number of aliphatic imine (C=N–C) groups is 1. The van der Waals surface area contributed by atoms with Crippen LogP contribution in [0.25, 0.3) is 0 Å². The standard InChI is InChI=1S/C19H29N3O/c20-19(22-17-11-5-2-6-12-17)21-14-16-10-7-13-23-18(16)15-8-3-1-4-9-15/h1,3-4,8-9,16-18H,2,5-7,10-14H2,(H3,20,21,22). The lowest BCUT2D eigenvalue weighted by atomic mass is 9.89. The number of ether oxygens (including phenoxy) is 1. The van der Waals surface area contributed by atoms with E-state index in [0.717, 1.165) is 26.0 Å². The molecule has 2 unspecified atom stereocenters. The van der Waals surface area contributed by atoms with Gasteiger partial charge in [-0.3, -0.25) is 4.99 Å². The molecule has 1 aliphatic carbocycles. The number of benzene rings is 1. The summed E-state index contributed by atoms with van der Waals surface area (Å²) in [5, 5.41) is 3.40. The first-order valence-electron chi connectivity index (χ1n) is 9.06. The molecule has 2 atom stereocenters. The Labute approximate surface area is 139 Å². The fourth-order valence-corrected chi connectivity index (χ4v) is 3.76. The van der Waals surface area contributed by atoms with E-state index in [1.807, 2.05) is 6.07 Å². The Morgan fingerprint density at radius 3 is 2.65 bits per heavy atom. The first-order valence-corrected chi connectivity index (χ1v) is 9.06. The third-order valence-electron chi connectivity index (χ3n) is 5.03. The van der Waals surface area contributed by atoms with E-state index in [0.29, 0.717) is 17.9 Å². The third kappa shape index (κ3) is 4.71. The maximum Gasteiger partial charge on any atom is 0.188 e. The van der Waals surface area contributed by atoms with Gasteiger partial charge in [-0.1, -0.05) is 49.6 Å². The van der Waals surface area contributed by atoms with E-state index in [9.17, 15) is 0 Å². The molecule has 2 fully saturated rings. The average Bonchev–Trinajstić information content (AvgIpc) is 2.62. The van der Waals surface area contributed by atoms with E-state index < -0.39 is 0 Å². The van der Waals surface area contributed by atoms with Crippen LogP contribution < -0.4 is 11.1 Å². The van der Waals surface area contributed by atoms with Crippen molar-refractivity contribution in [2.75, 3.05) is 13.2 Å². The van der Waals surface area contributed by atoms with Crippen molar-refractivity contribution in [1.82, 2.24) is 5.32 Å². The molecular weight excluding hydrogens is 286 g/mol. The Balaban J connectivity index is 1.57. The van der Waals surface area contributed by atoms with Gasteiger partial charge in [-0.25, -0.2) is 0 Å². The fourth-order valence-electron chi connectivity index (χ4n) is 3.76. The molecule has 1 saturated heterocycles. The topological polar surface area (TPSA) is 59.6 Å². The maximum atomic E-state index is 6.10. The van der Waals surface area contributed by atoms with Gasteiger partial charge in [0.05, 0.1) is 6.10 Å². The van der Waals surface area contributed by atoms with Crippen LogP contribution in [0.5, 0.6) is 0 Å². The van der Waals surface area contributed by atoms with Crippen LogP contribution in [-0.4, -0.2) is 25.2 Å². The van der Waals surface area contributed by atoms with Crippen LogP contribution in [0.4, 0.5) is 0 Å². The van der Waals surface area contributed by atoms with Crippen molar-refractivity contribution >= 4 is 5.96 Å². The van der Waals surface area contributed by atoms with Crippen molar-refractivity contribution in [3.63, 3.8) is 0 Å². The summed E-state index contributed by atoms with van der Waals surface area (Å²) in [5.74, 6) is 1.02. The van der Waals surface area contributed by atoms with Crippen LogP contribution in [-0.2, 0) is 4.74 Å². The molecule has 0 spiro atoms. The molecule has 0 amide bonds. The van der Waals surface area contributed by atoms with Gasteiger partial charge in [-0.2, -0.15) is 0 Å². The van der Waals surface area contributed by atoms with E-state index in [4.69, 9.17) is 10.5 Å². The second kappa shape index (κ2) is 8.34. The molecule has 0 radical (unpaired) electrons. The van der Waals surface area contributed by atoms with Gasteiger partial charge in [0, 0.05) is 25.1 Å². The van der Waals surface area contributed by atoms with Gasteiger partial charge in [0.2, 0.25) is 0 Å². The predicted octanol–water partition coefficient (Wildman–Crippen LogP) is 3.39. The number of nitrogens with zero attached hydrogens (tertiary/aromatic N) is 1. The molecule has 1 aliphatic heterocycles. The van der Waals surface area contributed by atoms with Crippen LogP contribution in [0.1, 0.15) is 56.6 Å². The van der Waals surface area contributed by atoms with Crippen LogP contribution in [0.15, 0.2) is 35.3 Å². The summed E-state index contributed by atoms with van der Waals surface area (Å²) in [4.78, 5) is 4.62. The molecular formula is C19H29N3O. The third-order valence-corrected chi connectivity index (χ3v) is 5.03. The summed E-state index contributed by atoms with van der Waals surface area (Å²) >= 11 is 0. The predicted molar refractivity (Wildman–Crippen MR) is 94.4 cm³/mol. The summed E-state index contributed by atoms with van der Waals surface area (Å²) in [7, 11) is 0. The number of nitrogens with one attached hydrogen (secondary N) is 1. The molecule has 0 aromatic heterocycles. The smallest absolute Gasteiger partial charge is 0.188 e. The molecule has 1 saturated carbocycles. The second-order valence-electron chi connectivity index (χ2n) is 6.81. The minimum atomic E-state index is 0.149. The molecule has 1 aromatic rings. The van der Waals surface area contributed by atoms with Crippen LogP contribution in [0.2, 0.25) is 0 Å². The number of hydrogen-bond acceptors (Lipinski definition) is 2. The minimum absolute atomic E-state index is 0.149. The number of rotatable bonds is 4. The highest BCUT2D eigenvalue weighted by molar-refractivity contribution is 5.78. The van der Waals surface area contributed by atoms with Gasteiger partial charge in [-0.15, -0.1) is 0 Å². The zero-order valence-corrected chi connectivity index (χ0v) is 13.9. The minimum Gasteiger partial charge on any atom is -0.373 e. The first-order chi connectivity index (χ1) is 11.3.